The number of nitrogens with one attached hydrogen (secondary N) is 1. The lowest BCUT2D eigenvalue weighted by molar-refractivity contribution is 0.102. The largest absolute Gasteiger partial charge is 0.320 e. The number of carbonyl (C=O) groups excluding carboxylic acids is 1. The first kappa shape index (κ1) is 16.3. The van der Waals surface area contributed by atoms with Crippen LogP contribution in [0.5, 0.6) is 0 Å². The number of anilines is 1. The van der Waals surface area contributed by atoms with Gasteiger partial charge in [0.1, 0.15) is 11.3 Å². The lowest BCUT2D eigenvalue weighted by atomic mass is 10.2. The number of aromatic nitrogens is 2. The maximum Gasteiger partial charge on any atom is 0.274 e. The quantitative estimate of drug-likeness (QED) is 0.601. The van der Waals surface area contributed by atoms with Gasteiger partial charge >= 0.3 is 0 Å². The topological polar surface area (TPSA) is 46.4 Å². The number of hydrogen-bond acceptors (Lipinski definition) is 2. The molecule has 0 aliphatic rings. The summed E-state index contributed by atoms with van der Waals surface area (Å²) in [6.07, 6.45) is 2.45. The molecular formula is C17H15ClIN3O. The Hall–Kier alpha value is -1.60. The molecule has 1 N–H and O–H groups in total. The molecule has 0 radical (unpaired) electrons. The van der Waals surface area contributed by atoms with E-state index in [-0.39, 0.29) is 5.91 Å². The first-order chi connectivity index (χ1) is 11.0. The summed E-state index contributed by atoms with van der Waals surface area (Å²) in [4.78, 5) is 17.3. The summed E-state index contributed by atoms with van der Waals surface area (Å²) in [7, 11) is 0. The molecule has 118 valence electrons. The molecule has 0 fully saturated rings. The van der Waals surface area contributed by atoms with Crippen LogP contribution in [0.25, 0.3) is 5.65 Å². The Kier molecular flexibility index (Phi) is 4.59. The summed E-state index contributed by atoms with van der Waals surface area (Å²) in [5.41, 5.74) is 3.82. The van der Waals surface area contributed by atoms with Gasteiger partial charge in [-0.15, -0.1) is 0 Å². The fourth-order valence-corrected chi connectivity index (χ4v) is 3.31. The lowest BCUT2D eigenvalue weighted by Crippen LogP contribution is -2.17. The highest BCUT2D eigenvalue weighted by Crippen LogP contribution is 2.21. The minimum Gasteiger partial charge on any atom is -0.320 e. The first-order valence-electron chi connectivity index (χ1n) is 7.23. The highest BCUT2D eigenvalue weighted by Gasteiger charge is 2.19. The van der Waals surface area contributed by atoms with E-state index in [4.69, 9.17) is 11.6 Å². The zero-order chi connectivity index (χ0) is 16.6. The van der Waals surface area contributed by atoms with Gasteiger partial charge in [-0.1, -0.05) is 18.5 Å². The SMILES string of the molecule is CCc1nc2cc(Cl)ccn2c1C(=O)Nc1ccc(I)cc1C. The number of nitrogens with zero attached hydrogens (tertiary/aromatic N) is 2. The van der Waals surface area contributed by atoms with Crippen molar-refractivity contribution in [2.24, 2.45) is 0 Å². The van der Waals surface area contributed by atoms with Gasteiger partial charge in [-0.05, 0) is 65.8 Å². The van der Waals surface area contributed by atoms with Crippen molar-refractivity contribution in [1.82, 2.24) is 9.38 Å². The molecule has 3 rings (SSSR count). The van der Waals surface area contributed by atoms with E-state index in [0.717, 1.165) is 20.5 Å². The molecule has 2 aromatic heterocycles. The second-order valence-corrected chi connectivity index (χ2v) is 6.93. The van der Waals surface area contributed by atoms with Gasteiger partial charge in [0.2, 0.25) is 0 Å². The Morgan fingerprint density at radius 2 is 2.13 bits per heavy atom. The number of amides is 1. The van der Waals surface area contributed by atoms with E-state index >= 15 is 0 Å². The molecule has 6 heteroatoms. The number of fused-ring (bicyclic) bond motifs is 1. The summed E-state index contributed by atoms with van der Waals surface area (Å²) < 4.78 is 2.92. The maximum absolute atomic E-state index is 12.8. The predicted octanol–water partition coefficient (Wildman–Crippen LogP) is 4.72. The minimum absolute atomic E-state index is 0.166. The van der Waals surface area contributed by atoms with Crippen molar-refractivity contribution in [2.75, 3.05) is 5.32 Å². The van der Waals surface area contributed by atoms with Crippen LogP contribution < -0.4 is 5.32 Å². The molecule has 0 aliphatic carbocycles. The Morgan fingerprint density at radius 3 is 2.83 bits per heavy atom. The number of rotatable bonds is 3. The number of halogens is 2. The van der Waals surface area contributed by atoms with Gasteiger partial charge in [-0.25, -0.2) is 4.98 Å². The molecule has 23 heavy (non-hydrogen) atoms. The molecule has 1 aromatic carbocycles. The Morgan fingerprint density at radius 1 is 1.35 bits per heavy atom. The van der Waals surface area contributed by atoms with Gasteiger partial charge in [-0.3, -0.25) is 9.20 Å². The van der Waals surface area contributed by atoms with E-state index in [0.29, 0.717) is 22.8 Å². The summed E-state index contributed by atoms with van der Waals surface area (Å²) in [5.74, 6) is -0.166. The van der Waals surface area contributed by atoms with Crippen molar-refractivity contribution in [3.63, 3.8) is 0 Å². The molecule has 0 atom stereocenters. The molecule has 0 saturated heterocycles. The molecule has 1 amide bonds. The number of aryl methyl sites for hydroxylation is 2. The zero-order valence-corrected chi connectivity index (χ0v) is 15.6. The number of hydrogen-bond donors (Lipinski definition) is 1. The van der Waals surface area contributed by atoms with E-state index in [2.05, 4.69) is 32.9 Å². The Labute approximate surface area is 153 Å². The van der Waals surface area contributed by atoms with Crippen LogP contribution in [0, 0.1) is 10.5 Å². The van der Waals surface area contributed by atoms with Crippen LogP contribution in [-0.2, 0) is 6.42 Å². The third kappa shape index (κ3) is 3.21. The van der Waals surface area contributed by atoms with Gasteiger partial charge in [0, 0.05) is 26.5 Å². The second kappa shape index (κ2) is 6.49. The fourth-order valence-electron chi connectivity index (χ4n) is 2.50. The molecule has 2 heterocycles. The average Bonchev–Trinajstić information content (AvgIpc) is 2.87. The van der Waals surface area contributed by atoms with Gasteiger partial charge in [0.15, 0.2) is 0 Å². The second-order valence-electron chi connectivity index (χ2n) is 5.25. The third-order valence-corrected chi connectivity index (χ3v) is 4.55. The first-order valence-corrected chi connectivity index (χ1v) is 8.69. The molecule has 0 saturated carbocycles. The lowest BCUT2D eigenvalue weighted by Gasteiger charge is -2.09. The minimum atomic E-state index is -0.166. The average molecular weight is 440 g/mol. The summed E-state index contributed by atoms with van der Waals surface area (Å²) in [6.45, 7) is 3.96. The Bertz CT molecular complexity index is 904. The standard InChI is InChI=1S/C17H15ClIN3O/c1-3-13-16(22-7-6-11(18)9-15(22)20-13)17(23)21-14-5-4-12(19)8-10(14)2/h4-9H,3H2,1-2H3,(H,21,23). The van der Waals surface area contributed by atoms with Crippen LogP contribution in [0.2, 0.25) is 5.02 Å². The number of imidazole rings is 1. The van der Waals surface area contributed by atoms with E-state index in [1.807, 2.05) is 32.0 Å². The van der Waals surface area contributed by atoms with Gasteiger partial charge < -0.3 is 5.32 Å². The number of carbonyl (C=O) groups is 1. The Balaban J connectivity index is 2.03. The highest BCUT2D eigenvalue weighted by molar-refractivity contribution is 14.1. The van der Waals surface area contributed by atoms with Crippen molar-refractivity contribution in [2.45, 2.75) is 20.3 Å². The van der Waals surface area contributed by atoms with Crippen LogP contribution in [0.15, 0.2) is 36.5 Å². The molecular weight excluding hydrogens is 425 g/mol. The third-order valence-electron chi connectivity index (χ3n) is 3.65. The summed E-state index contributed by atoms with van der Waals surface area (Å²) in [5, 5.41) is 3.59. The summed E-state index contributed by atoms with van der Waals surface area (Å²) >= 11 is 8.27. The molecule has 0 aliphatic heterocycles. The number of benzene rings is 1. The van der Waals surface area contributed by atoms with E-state index in [1.165, 1.54) is 0 Å². The van der Waals surface area contributed by atoms with Crippen molar-refractivity contribution < 1.29 is 4.79 Å². The van der Waals surface area contributed by atoms with Crippen LogP contribution in [0.1, 0.15) is 28.7 Å². The zero-order valence-electron chi connectivity index (χ0n) is 12.7. The molecule has 0 bridgehead atoms. The smallest absolute Gasteiger partial charge is 0.274 e. The normalized spacial score (nSPS) is 11.0. The monoisotopic (exact) mass is 439 g/mol. The van der Waals surface area contributed by atoms with E-state index < -0.39 is 0 Å². The van der Waals surface area contributed by atoms with Crippen LogP contribution >= 0.6 is 34.2 Å². The van der Waals surface area contributed by atoms with Crippen LogP contribution in [0.4, 0.5) is 5.69 Å². The molecule has 4 nitrogen and oxygen atoms in total. The molecule has 3 aromatic rings. The van der Waals surface area contributed by atoms with Gasteiger partial charge in [0.25, 0.3) is 5.91 Å². The van der Waals surface area contributed by atoms with Gasteiger partial charge in [0.05, 0.1) is 5.69 Å². The summed E-state index contributed by atoms with van der Waals surface area (Å²) in [6, 6.07) is 9.43. The van der Waals surface area contributed by atoms with Crippen molar-refractivity contribution >= 4 is 51.4 Å². The highest BCUT2D eigenvalue weighted by atomic mass is 127. The molecule has 0 unspecified atom stereocenters. The fraction of sp³-hybridized carbons (Fsp3) is 0.176. The van der Waals surface area contributed by atoms with E-state index in [9.17, 15) is 4.79 Å². The van der Waals surface area contributed by atoms with Gasteiger partial charge in [-0.2, -0.15) is 0 Å². The van der Waals surface area contributed by atoms with E-state index in [1.54, 1.807) is 22.7 Å². The maximum atomic E-state index is 12.8. The predicted molar refractivity (Wildman–Crippen MR) is 101 cm³/mol. The van der Waals surface area contributed by atoms with Crippen LogP contribution in [0.3, 0.4) is 0 Å². The number of pyridine rings is 1. The van der Waals surface area contributed by atoms with Crippen molar-refractivity contribution in [3.8, 4) is 0 Å². The van der Waals surface area contributed by atoms with Crippen molar-refractivity contribution in [1.29, 1.82) is 0 Å². The molecule has 0 spiro atoms. The van der Waals surface area contributed by atoms with Crippen LogP contribution in [-0.4, -0.2) is 15.3 Å². The van der Waals surface area contributed by atoms with Crippen molar-refractivity contribution in [3.05, 3.63) is 62.1 Å².